The van der Waals surface area contributed by atoms with Crippen LogP contribution >= 0.6 is 34.8 Å². The first kappa shape index (κ1) is 20.7. The first-order valence-corrected chi connectivity index (χ1v) is 9.93. The zero-order chi connectivity index (χ0) is 19.8. The Bertz CT molecular complexity index is 782. The number of nitrogens with zero attached hydrogens (tertiary/aromatic N) is 1. The second-order valence-electron chi connectivity index (χ2n) is 7.09. The molecule has 2 atom stereocenters. The minimum Gasteiger partial charge on any atom is -0.505 e. The van der Waals surface area contributed by atoms with E-state index in [0.717, 1.165) is 5.56 Å². The number of halogens is 3. The van der Waals surface area contributed by atoms with E-state index in [1.807, 2.05) is 19.1 Å². The lowest BCUT2D eigenvalue weighted by atomic mass is 9.83. The standard InChI is InChI=1S/C20H22Cl3NO3/c1-12(18(25)13-10-16(22)19(26)17(23)11-13)24-8-6-20(27,7-9-24)14-2-4-15(21)5-3-14/h2-5,10-12,18,25-27H,6-9H2,1H3/t12-,18?/m1/s1. The van der Waals surface area contributed by atoms with Crippen molar-refractivity contribution in [1.82, 2.24) is 4.90 Å². The summed E-state index contributed by atoms with van der Waals surface area (Å²) in [5, 5.41) is 32.3. The Kier molecular flexibility index (Phi) is 6.26. The Morgan fingerprint density at radius 3 is 2.04 bits per heavy atom. The highest BCUT2D eigenvalue weighted by Crippen LogP contribution is 2.38. The van der Waals surface area contributed by atoms with Crippen molar-refractivity contribution in [2.24, 2.45) is 0 Å². The third-order valence-electron chi connectivity index (χ3n) is 5.42. The van der Waals surface area contributed by atoms with Crippen molar-refractivity contribution in [3.63, 3.8) is 0 Å². The molecule has 3 rings (SSSR count). The number of phenolic OH excluding ortho intramolecular Hbond substituents is 1. The fourth-order valence-corrected chi connectivity index (χ4v) is 4.21. The minimum atomic E-state index is -0.892. The van der Waals surface area contributed by atoms with Crippen LogP contribution in [0.4, 0.5) is 0 Å². The zero-order valence-corrected chi connectivity index (χ0v) is 17.1. The van der Waals surface area contributed by atoms with Gasteiger partial charge in [0, 0.05) is 24.2 Å². The maximum Gasteiger partial charge on any atom is 0.152 e. The van der Waals surface area contributed by atoms with Crippen LogP contribution < -0.4 is 0 Å². The Morgan fingerprint density at radius 2 is 1.52 bits per heavy atom. The van der Waals surface area contributed by atoms with Crippen LogP contribution in [0.2, 0.25) is 15.1 Å². The fraction of sp³-hybridized carbons (Fsp3) is 0.400. The van der Waals surface area contributed by atoms with E-state index in [4.69, 9.17) is 34.8 Å². The third-order valence-corrected chi connectivity index (χ3v) is 6.25. The Hall–Kier alpha value is -1.01. The molecule has 27 heavy (non-hydrogen) atoms. The van der Waals surface area contributed by atoms with Crippen molar-refractivity contribution in [3.05, 3.63) is 62.6 Å². The van der Waals surface area contributed by atoms with Crippen molar-refractivity contribution >= 4 is 34.8 Å². The minimum absolute atomic E-state index is 0.111. The second-order valence-corrected chi connectivity index (χ2v) is 8.34. The van der Waals surface area contributed by atoms with Crippen molar-refractivity contribution in [2.75, 3.05) is 13.1 Å². The fourth-order valence-electron chi connectivity index (χ4n) is 3.58. The van der Waals surface area contributed by atoms with Gasteiger partial charge in [0.2, 0.25) is 0 Å². The predicted octanol–water partition coefficient (Wildman–Crippen LogP) is 4.76. The number of aliphatic hydroxyl groups excluding tert-OH is 1. The molecule has 1 saturated heterocycles. The van der Waals surface area contributed by atoms with Gasteiger partial charge in [-0.3, -0.25) is 4.90 Å². The van der Waals surface area contributed by atoms with E-state index in [-0.39, 0.29) is 21.8 Å². The molecule has 2 aromatic carbocycles. The molecule has 146 valence electrons. The molecule has 0 aliphatic carbocycles. The van der Waals surface area contributed by atoms with Crippen LogP contribution in [-0.2, 0) is 5.60 Å². The van der Waals surface area contributed by atoms with Gasteiger partial charge in [-0.15, -0.1) is 0 Å². The summed E-state index contributed by atoms with van der Waals surface area (Å²) in [5.74, 6) is -0.187. The van der Waals surface area contributed by atoms with Crippen LogP contribution in [0.3, 0.4) is 0 Å². The summed E-state index contributed by atoms with van der Waals surface area (Å²) < 4.78 is 0. The van der Waals surface area contributed by atoms with E-state index in [2.05, 4.69) is 4.90 Å². The van der Waals surface area contributed by atoms with Gasteiger partial charge in [0.25, 0.3) is 0 Å². The number of aliphatic hydroxyl groups is 2. The van der Waals surface area contributed by atoms with Crippen LogP contribution in [-0.4, -0.2) is 39.4 Å². The molecule has 1 aliphatic rings. The van der Waals surface area contributed by atoms with Crippen molar-refractivity contribution in [2.45, 2.75) is 37.5 Å². The number of likely N-dealkylation sites (tertiary alicyclic amines) is 1. The lowest BCUT2D eigenvalue weighted by Gasteiger charge is -2.42. The van der Waals surface area contributed by atoms with Gasteiger partial charge >= 0.3 is 0 Å². The molecule has 0 saturated carbocycles. The van der Waals surface area contributed by atoms with Gasteiger partial charge in [-0.05, 0) is 55.2 Å². The summed E-state index contributed by atoms with van der Waals surface area (Å²) in [4.78, 5) is 2.13. The van der Waals surface area contributed by atoms with Crippen molar-refractivity contribution in [1.29, 1.82) is 0 Å². The summed E-state index contributed by atoms with van der Waals surface area (Å²) in [6.45, 7) is 3.19. The van der Waals surface area contributed by atoms with Gasteiger partial charge in [-0.2, -0.15) is 0 Å². The third kappa shape index (κ3) is 4.37. The molecule has 0 radical (unpaired) electrons. The molecule has 1 unspecified atom stereocenters. The maximum atomic E-state index is 11.0. The average Bonchev–Trinajstić information content (AvgIpc) is 2.65. The van der Waals surface area contributed by atoms with E-state index in [1.54, 1.807) is 12.1 Å². The number of hydrogen-bond acceptors (Lipinski definition) is 4. The van der Waals surface area contributed by atoms with E-state index in [9.17, 15) is 15.3 Å². The van der Waals surface area contributed by atoms with Crippen LogP contribution in [0.25, 0.3) is 0 Å². The zero-order valence-electron chi connectivity index (χ0n) is 14.9. The monoisotopic (exact) mass is 429 g/mol. The Morgan fingerprint density at radius 1 is 1.00 bits per heavy atom. The molecule has 0 bridgehead atoms. The summed E-state index contributed by atoms with van der Waals surface area (Å²) in [7, 11) is 0. The van der Waals surface area contributed by atoms with Crippen molar-refractivity contribution < 1.29 is 15.3 Å². The maximum absolute atomic E-state index is 11.0. The molecular weight excluding hydrogens is 409 g/mol. The molecular formula is C20H22Cl3NO3. The van der Waals surface area contributed by atoms with Gasteiger partial charge in [0.05, 0.1) is 21.8 Å². The van der Waals surface area contributed by atoms with Crippen LogP contribution in [0.5, 0.6) is 5.75 Å². The lowest BCUT2D eigenvalue weighted by molar-refractivity contribution is -0.0501. The Labute approximate surface area is 173 Å². The molecule has 1 fully saturated rings. The normalized spacial score (nSPS) is 19.6. The first-order valence-electron chi connectivity index (χ1n) is 8.80. The molecule has 4 nitrogen and oxygen atoms in total. The molecule has 7 heteroatoms. The number of hydrogen-bond donors (Lipinski definition) is 3. The van der Waals surface area contributed by atoms with Gasteiger partial charge < -0.3 is 15.3 Å². The van der Waals surface area contributed by atoms with E-state index >= 15 is 0 Å². The first-order chi connectivity index (χ1) is 12.7. The summed E-state index contributed by atoms with van der Waals surface area (Å²) in [6, 6.07) is 10.1. The molecule has 0 spiro atoms. The molecule has 3 N–H and O–H groups in total. The topological polar surface area (TPSA) is 63.9 Å². The van der Waals surface area contributed by atoms with Crippen LogP contribution in [0.1, 0.15) is 37.0 Å². The summed E-state index contributed by atoms with van der Waals surface area (Å²) in [5.41, 5.74) is 0.516. The number of aromatic hydroxyl groups is 1. The highest BCUT2D eigenvalue weighted by molar-refractivity contribution is 6.37. The SMILES string of the molecule is C[C@H](C(O)c1cc(Cl)c(O)c(Cl)c1)N1CCC(O)(c2ccc(Cl)cc2)CC1. The number of benzene rings is 2. The number of piperidine rings is 1. The molecule has 0 amide bonds. The van der Waals surface area contributed by atoms with Crippen LogP contribution in [0, 0.1) is 0 Å². The molecule has 0 aromatic heterocycles. The van der Waals surface area contributed by atoms with Gasteiger partial charge in [0.1, 0.15) is 0 Å². The predicted molar refractivity (Wildman–Crippen MR) is 109 cm³/mol. The highest BCUT2D eigenvalue weighted by Gasteiger charge is 2.36. The number of rotatable bonds is 4. The summed E-state index contributed by atoms with van der Waals surface area (Å²) >= 11 is 17.9. The molecule has 2 aromatic rings. The van der Waals surface area contributed by atoms with E-state index in [1.165, 1.54) is 12.1 Å². The lowest BCUT2D eigenvalue weighted by Crippen LogP contribution is -2.47. The van der Waals surface area contributed by atoms with Gasteiger partial charge in [-0.1, -0.05) is 46.9 Å². The average molecular weight is 431 g/mol. The van der Waals surface area contributed by atoms with Crippen molar-refractivity contribution in [3.8, 4) is 5.75 Å². The second kappa shape index (κ2) is 8.16. The van der Waals surface area contributed by atoms with Gasteiger partial charge in [-0.25, -0.2) is 0 Å². The van der Waals surface area contributed by atoms with Gasteiger partial charge in [0.15, 0.2) is 5.75 Å². The highest BCUT2D eigenvalue weighted by atomic mass is 35.5. The summed E-state index contributed by atoms with van der Waals surface area (Å²) in [6.07, 6.45) is 0.299. The quantitative estimate of drug-likeness (QED) is 0.654. The van der Waals surface area contributed by atoms with E-state index < -0.39 is 11.7 Å². The van der Waals surface area contributed by atoms with E-state index in [0.29, 0.717) is 36.5 Å². The largest absolute Gasteiger partial charge is 0.505 e. The van der Waals surface area contributed by atoms with Crippen LogP contribution in [0.15, 0.2) is 36.4 Å². The molecule has 1 aliphatic heterocycles. The number of phenols is 1. The molecule has 1 heterocycles. The smallest absolute Gasteiger partial charge is 0.152 e. The Balaban J connectivity index is 1.69.